The lowest BCUT2D eigenvalue weighted by Gasteiger charge is -2.10. The van der Waals surface area contributed by atoms with Crippen LogP contribution in [0.3, 0.4) is 0 Å². The second-order valence-electron chi connectivity index (χ2n) is 4.22. The number of carbonyl (C=O) groups excluding carboxylic acids is 1. The highest BCUT2D eigenvalue weighted by Crippen LogP contribution is 2.26. The molecular formula is C14H11ClN2O5. The van der Waals surface area contributed by atoms with Crippen molar-refractivity contribution in [2.45, 2.75) is 0 Å². The molecule has 2 aromatic rings. The van der Waals surface area contributed by atoms with Gasteiger partial charge in [-0.25, -0.2) is 4.79 Å². The Bertz CT molecular complexity index is 800. The number of hydrogen-bond donors (Lipinski definition) is 3. The number of benzene rings is 1. The maximum absolute atomic E-state index is 12.1. The minimum absolute atomic E-state index is 0.0267. The molecule has 0 aliphatic carbocycles. The van der Waals surface area contributed by atoms with Crippen molar-refractivity contribution in [3.05, 3.63) is 57.0 Å². The van der Waals surface area contributed by atoms with E-state index < -0.39 is 17.4 Å². The minimum Gasteiger partial charge on any atom is -0.495 e. The lowest BCUT2D eigenvalue weighted by Crippen LogP contribution is -2.23. The molecule has 1 heterocycles. The minimum atomic E-state index is -1.15. The molecule has 1 amide bonds. The monoisotopic (exact) mass is 322 g/mol. The molecular weight excluding hydrogens is 312 g/mol. The molecule has 1 aromatic heterocycles. The topological polar surface area (TPSA) is 108 Å². The molecule has 0 atom stereocenters. The maximum atomic E-state index is 12.1. The van der Waals surface area contributed by atoms with E-state index in [0.29, 0.717) is 0 Å². The van der Waals surface area contributed by atoms with Crippen LogP contribution >= 0.6 is 11.6 Å². The van der Waals surface area contributed by atoms with Crippen LogP contribution in [0.5, 0.6) is 5.75 Å². The third kappa shape index (κ3) is 3.26. The van der Waals surface area contributed by atoms with Gasteiger partial charge in [-0.05, 0) is 30.3 Å². The van der Waals surface area contributed by atoms with Crippen LogP contribution in [-0.4, -0.2) is 29.1 Å². The lowest BCUT2D eigenvalue weighted by atomic mass is 10.1. The second kappa shape index (κ2) is 6.31. The molecule has 0 bridgehead atoms. The third-order valence-electron chi connectivity index (χ3n) is 2.81. The molecule has 0 unspecified atom stereocenters. The van der Waals surface area contributed by atoms with E-state index in [9.17, 15) is 14.4 Å². The Hall–Kier alpha value is -2.80. The number of methoxy groups -OCH3 is 1. The van der Waals surface area contributed by atoms with E-state index in [1.807, 2.05) is 0 Å². The zero-order chi connectivity index (χ0) is 16.3. The molecule has 0 spiro atoms. The highest BCUT2D eigenvalue weighted by molar-refractivity contribution is 6.29. The number of H-pyrrole nitrogens is 1. The van der Waals surface area contributed by atoms with Crippen molar-refractivity contribution in [1.29, 1.82) is 0 Å². The number of aromatic amines is 1. The number of amides is 1. The van der Waals surface area contributed by atoms with Crippen LogP contribution in [0.2, 0.25) is 5.15 Å². The van der Waals surface area contributed by atoms with Crippen LogP contribution in [-0.2, 0) is 0 Å². The Morgan fingerprint density at radius 2 is 2.00 bits per heavy atom. The Labute approximate surface area is 129 Å². The van der Waals surface area contributed by atoms with Crippen molar-refractivity contribution >= 4 is 29.2 Å². The molecule has 0 saturated carbocycles. The standard InChI is InChI=1S/C14H11ClN2O5/c1-22-10-4-2-7(14(20)21)6-9(10)16-12(18)8-3-5-11(15)17-13(8)19/h2-6H,1H3,(H,16,18)(H,17,19)(H,20,21). The summed E-state index contributed by atoms with van der Waals surface area (Å²) in [7, 11) is 1.38. The van der Waals surface area contributed by atoms with Gasteiger partial charge in [0.05, 0.1) is 18.4 Å². The first-order chi connectivity index (χ1) is 10.4. The van der Waals surface area contributed by atoms with Gasteiger partial charge >= 0.3 is 5.97 Å². The van der Waals surface area contributed by atoms with Gasteiger partial charge in [-0.15, -0.1) is 0 Å². The molecule has 7 nitrogen and oxygen atoms in total. The summed E-state index contributed by atoms with van der Waals surface area (Å²) in [5.41, 5.74) is -0.701. The summed E-state index contributed by atoms with van der Waals surface area (Å²) >= 11 is 5.61. The van der Waals surface area contributed by atoms with E-state index in [4.69, 9.17) is 21.4 Å². The van der Waals surface area contributed by atoms with E-state index in [1.54, 1.807) is 0 Å². The van der Waals surface area contributed by atoms with Gasteiger partial charge in [0.25, 0.3) is 11.5 Å². The lowest BCUT2D eigenvalue weighted by molar-refractivity contribution is 0.0696. The average molecular weight is 323 g/mol. The van der Waals surface area contributed by atoms with Gasteiger partial charge in [0.15, 0.2) is 0 Å². The Morgan fingerprint density at radius 1 is 1.27 bits per heavy atom. The number of carboxylic acid groups (broad SMARTS) is 1. The predicted octanol–water partition coefficient (Wildman–Crippen LogP) is 1.99. The number of halogens is 1. The Balaban J connectivity index is 2.36. The van der Waals surface area contributed by atoms with E-state index in [2.05, 4.69) is 10.3 Å². The first-order valence-electron chi connectivity index (χ1n) is 6.04. The van der Waals surface area contributed by atoms with Crippen LogP contribution in [0, 0.1) is 0 Å². The molecule has 3 N–H and O–H groups in total. The SMILES string of the molecule is COc1ccc(C(=O)O)cc1NC(=O)c1ccc(Cl)[nH]c1=O. The van der Waals surface area contributed by atoms with Crippen molar-refractivity contribution in [2.24, 2.45) is 0 Å². The summed E-state index contributed by atoms with van der Waals surface area (Å²) in [6.07, 6.45) is 0. The predicted molar refractivity (Wildman–Crippen MR) is 80.0 cm³/mol. The van der Waals surface area contributed by atoms with Gasteiger partial charge < -0.3 is 20.1 Å². The largest absolute Gasteiger partial charge is 0.495 e. The average Bonchev–Trinajstić information content (AvgIpc) is 2.46. The molecule has 0 fully saturated rings. The van der Waals surface area contributed by atoms with Gasteiger partial charge in [-0.1, -0.05) is 11.6 Å². The Kier molecular flexibility index (Phi) is 4.47. The highest BCUT2D eigenvalue weighted by Gasteiger charge is 2.15. The van der Waals surface area contributed by atoms with Crippen molar-refractivity contribution < 1.29 is 19.4 Å². The third-order valence-corrected chi connectivity index (χ3v) is 3.03. The summed E-state index contributed by atoms with van der Waals surface area (Å²) in [5, 5.41) is 11.5. The number of carboxylic acids is 1. The number of carbonyl (C=O) groups is 2. The van der Waals surface area contributed by atoms with Crippen molar-refractivity contribution in [3.63, 3.8) is 0 Å². The molecule has 1 aromatic carbocycles. The van der Waals surface area contributed by atoms with Crippen molar-refractivity contribution in [3.8, 4) is 5.75 Å². The van der Waals surface area contributed by atoms with E-state index in [-0.39, 0.29) is 27.7 Å². The number of hydrogen-bond acceptors (Lipinski definition) is 4. The van der Waals surface area contributed by atoms with Crippen molar-refractivity contribution in [2.75, 3.05) is 12.4 Å². The fraction of sp³-hybridized carbons (Fsp3) is 0.0714. The van der Waals surface area contributed by atoms with Crippen LogP contribution < -0.4 is 15.6 Å². The fourth-order valence-electron chi connectivity index (χ4n) is 1.76. The number of anilines is 1. The van der Waals surface area contributed by atoms with Gasteiger partial charge in [-0.2, -0.15) is 0 Å². The molecule has 0 aliphatic rings. The molecule has 22 heavy (non-hydrogen) atoms. The number of ether oxygens (including phenoxy) is 1. The molecule has 2 rings (SSSR count). The maximum Gasteiger partial charge on any atom is 0.335 e. The number of pyridine rings is 1. The van der Waals surface area contributed by atoms with E-state index in [0.717, 1.165) is 0 Å². The highest BCUT2D eigenvalue weighted by atomic mass is 35.5. The molecule has 0 aliphatic heterocycles. The summed E-state index contributed by atoms with van der Waals surface area (Å²) in [6, 6.07) is 6.62. The second-order valence-corrected chi connectivity index (χ2v) is 4.63. The molecule has 114 valence electrons. The molecule has 0 radical (unpaired) electrons. The van der Waals surface area contributed by atoms with E-state index >= 15 is 0 Å². The Morgan fingerprint density at radius 3 is 2.59 bits per heavy atom. The number of aromatic nitrogens is 1. The summed E-state index contributed by atoms with van der Waals surface area (Å²) in [5.74, 6) is -1.59. The van der Waals surface area contributed by atoms with Gasteiger partial charge in [-0.3, -0.25) is 9.59 Å². The van der Waals surface area contributed by atoms with Crippen LogP contribution in [0.25, 0.3) is 0 Å². The molecule has 8 heteroatoms. The van der Waals surface area contributed by atoms with Crippen LogP contribution in [0.4, 0.5) is 5.69 Å². The number of nitrogens with one attached hydrogen (secondary N) is 2. The smallest absolute Gasteiger partial charge is 0.335 e. The first kappa shape index (κ1) is 15.6. The quantitative estimate of drug-likeness (QED) is 0.746. The summed E-state index contributed by atoms with van der Waals surface area (Å²) in [4.78, 5) is 37.1. The van der Waals surface area contributed by atoms with Gasteiger partial charge in [0.2, 0.25) is 0 Å². The van der Waals surface area contributed by atoms with Crippen LogP contribution in [0.15, 0.2) is 35.1 Å². The summed E-state index contributed by atoms with van der Waals surface area (Å²) < 4.78 is 5.05. The zero-order valence-corrected chi connectivity index (χ0v) is 12.1. The summed E-state index contributed by atoms with van der Waals surface area (Å²) in [6.45, 7) is 0. The normalized spacial score (nSPS) is 10.1. The van der Waals surface area contributed by atoms with Gasteiger partial charge in [0, 0.05) is 0 Å². The fourth-order valence-corrected chi connectivity index (χ4v) is 1.91. The van der Waals surface area contributed by atoms with Crippen molar-refractivity contribution in [1.82, 2.24) is 4.98 Å². The first-order valence-corrected chi connectivity index (χ1v) is 6.41. The zero-order valence-electron chi connectivity index (χ0n) is 11.3. The number of rotatable bonds is 4. The van der Waals surface area contributed by atoms with Crippen LogP contribution in [0.1, 0.15) is 20.7 Å². The van der Waals surface area contributed by atoms with E-state index in [1.165, 1.54) is 37.4 Å². The number of aromatic carboxylic acids is 1. The van der Waals surface area contributed by atoms with Gasteiger partial charge in [0.1, 0.15) is 16.5 Å². The molecule has 0 saturated heterocycles.